The fraction of sp³-hybridized carbons (Fsp3) is 0.786. The number of rotatable bonds is 6. The first kappa shape index (κ1) is 15.8. The van der Waals surface area contributed by atoms with Crippen molar-refractivity contribution in [2.75, 3.05) is 0 Å². The topological polar surface area (TPSA) is 116 Å². The number of fused-ring (bicyclic) bond motifs is 1. The standard InChI is InChI=1S/C14H22N2O5/c17-12(18)6-5-10(14(20)21)16-13(19)11-7-8-3-1-2-4-9(8)15-11/h8-11,15H,1-7H2,(H,16,19)(H,17,18)(H,20,21)/t8?,9?,10-,11?/m0/s1. The van der Waals surface area contributed by atoms with Crippen molar-refractivity contribution < 1.29 is 24.6 Å². The van der Waals surface area contributed by atoms with Gasteiger partial charge in [0.2, 0.25) is 5.91 Å². The van der Waals surface area contributed by atoms with Crippen LogP contribution in [-0.2, 0) is 14.4 Å². The number of carbonyl (C=O) groups excluding carboxylic acids is 1. The zero-order chi connectivity index (χ0) is 15.4. The van der Waals surface area contributed by atoms with Crippen LogP contribution in [0.3, 0.4) is 0 Å². The summed E-state index contributed by atoms with van der Waals surface area (Å²) in [5.74, 6) is -2.10. The lowest BCUT2D eigenvalue weighted by molar-refractivity contribution is -0.143. The number of carboxylic acids is 2. The van der Waals surface area contributed by atoms with E-state index in [4.69, 9.17) is 10.2 Å². The van der Waals surface area contributed by atoms with Crippen LogP contribution >= 0.6 is 0 Å². The maximum absolute atomic E-state index is 12.2. The molecule has 7 nitrogen and oxygen atoms in total. The number of aliphatic carboxylic acids is 2. The molecule has 0 aromatic heterocycles. The third kappa shape index (κ3) is 4.17. The molecule has 21 heavy (non-hydrogen) atoms. The first-order valence-corrected chi connectivity index (χ1v) is 7.48. The summed E-state index contributed by atoms with van der Waals surface area (Å²) in [6, 6.07) is -1.14. The molecule has 1 saturated heterocycles. The first-order valence-electron chi connectivity index (χ1n) is 7.48. The average molecular weight is 298 g/mol. The van der Waals surface area contributed by atoms with E-state index in [1.807, 2.05) is 0 Å². The number of hydrogen-bond acceptors (Lipinski definition) is 4. The Morgan fingerprint density at radius 2 is 1.90 bits per heavy atom. The normalized spacial score (nSPS) is 29.4. The third-order valence-corrected chi connectivity index (χ3v) is 4.44. The predicted molar refractivity (Wildman–Crippen MR) is 73.7 cm³/mol. The van der Waals surface area contributed by atoms with E-state index in [0.717, 1.165) is 19.3 Å². The smallest absolute Gasteiger partial charge is 0.326 e. The lowest BCUT2D eigenvalue weighted by Crippen LogP contribution is -2.49. The molecule has 3 unspecified atom stereocenters. The Labute approximate surface area is 123 Å². The van der Waals surface area contributed by atoms with Gasteiger partial charge in [-0.3, -0.25) is 9.59 Å². The quantitative estimate of drug-likeness (QED) is 0.562. The largest absolute Gasteiger partial charge is 0.481 e. The third-order valence-electron chi connectivity index (χ3n) is 4.44. The van der Waals surface area contributed by atoms with Crippen LogP contribution in [0.4, 0.5) is 0 Å². The van der Waals surface area contributed by atoms with Gasteiger partial charge < -0.3 is 20.8 Å². The fourth-order valence-electron chi connectivity index (χ4n) is 3.32. The molecule has 0 aromatic carbocycles. The number of carbonyl (C=O) groups is 3. The Kier molecular flexibility index (Phi) is 5.17. The van der Waals surface area contributed by atoms with Crippen LogP contribution in [0.5, 0.6) is 0 Å². The van der Waals surface area contributed by atoms with Crippen molar-refractivity contribution in [1.29, 1.82) is 0 Å². The van der Waals surface area contributed by atoms with Crippen LogP contribution in [0.25, 0.3) is 0 Å². The Balaban J connectivity index is 1.87. The fourth-order valence-corrected chi connectivity index (χ4v) is 3.32. The molecule has 2 aliphatic rings. The molecule has 0 radical (unpaired) electrons. The van der Waals surface area contributed by atoms with E-state index in [0.29, 0.717) is 12.0 Å². The minimum Gasteiger partial charge on any atom is -0.481 e. The van der Waals surface area contributed by atoms with E-state index in [9.17, 15) is 14.4 Å². The average Bonchev–Trinajstić information content (AvgIpc) is 2.86. The van der Waals surface area contributed by atoms with Crippen LogP contribution in [0.15, 0.2) is 0 Å². The van der Waals surface area contributed by atoms with Gasteiger partial charge in [-0.2, -0.15) is 0 Å². The van der Waals surface area contributed by atoms with Gasteiger partial charge >= 0.3 is 11.9 Å². The van der Waals surface area contributed by atoms with Crippen molar-refractivity contribution in [3.05, 3.63) is 0 Å². The van der Waals surface area contributed by atoms with Gasteiger partial charge in [-0.15, -0.1) is 0 Å². The highest BCUT2D eigenvalue weighted by Crippen LogP contribution is 2.33. The second-order valence-corrected chi connectivity index (χ2v) is 5.94. The number of nitrogens with one attached hydrogen (secondary N) is 2. The molecular formula is C14H22N2O5. The highest BCUT2D eigenvalue weighted by atomic mass is 16.4. The summed E-state index contributed by atoms with van der Waals surface area (Å²) >= 11 is 0. The summed E-state index contributed by atoms with van der Waals surface area (Å²) in [7, 11) is 0. The molecule has 0 spiro atoms. The van der Waals surface area contributed by atoms with Crippen molar-refractivity contribution in [1.82, 2.24) is 10.6 Å². The summed E-state index contributed by atoms with van der Waals surface area (Å²) in [5, 5.41) is 23.4. The van der Waals surface area contributed by atoms with Crippen LogP contribution in [-0.4, -0.2) is 46.2 Å². The number of carboxylic acid groups (broad SMARTS) is 2. The summed E-state index contributed by atoms with van der Waals surface area (Å²) in [4.78, 5) is 33.8. The van der Waals surface area contributed by atoms with Crippen LogP contribution in [0.1, 0.15) is 44.9 Å². The second-order valence-electron chi connectivity index (χ2n) is 5.94. The van der Waals surface area contributed by atoms with E-state index in [1.54, 1.807) is 0 Å². The van der Waals surface area contributed by atoms with Crippen molar-refractivity contribution >= 4 is 17.8 Å². The molecule has 1 aliphatic heterocycles. The Morgan fingerprint density at radius 1 is 1.19 bits per heavy atom. The summed E-state index contributed by atoms with van der Waals surface area (Å²) < 4.78 is 0. The van der Waals surface area contributed by atoms with Crippen molar-refractivity contribution in [2.45, 2.75) is 63.1 Å². The lowest BCUT2D eigenvalue weighted by atomic mass is 9.85. The van der Waals surface area contributed by atoms with E-state index < -0.39 is 18.0 Å². The van der Waals surface area contributed by atoms with E-state index >= 15 is 0 Å². The van der Waals surface area contributed by atoms with Gasteiger partial charge in [0.05, 0.1) is 6.04 Å². The number of amides is 1. The number of hydrogen-bond donors (Lipinski definition) is 4. The minimum atomic E-state index is -1.19. The van der Waals surface area contributed by atoms with E-state index in [-0.39, 0.29) is 24.8 Å². The van der Waals surface area contributed by atoms with Gasteiger partial charge in [-0.25, -0.2) is 4.79 Å². The SMILES string of the molecule is O=C(O)CC[C@H](NC(=O)C1CC2CCCCC2N1)C(=O)O. The molecule has 0 aromatic rings. The zero-order valence-corrected chi connectivity index (χ0v) is 11.9. The molecule has 1 heterocycles. The first-order chi connectivity index (χ1) is 9.97. The summed E-state index contributed by atoms with van der Waals surface area (Å²) in [6.07, 6.45) is 4.89. The molecule has 4 N–H and O–H groups in total. The molecule has 7 heteroatoms. The molecule has 1 saturated carbocycles. The Bertz CT molecular complexity index is 412. The molecule has 2 fully saturated rings. The molecular weight excluding hydrogens is 276 g/mol. The van der Waals surface area contributed by atoms with Gasteiger partial charge in [0.25, 0.3) is 0 Å². The van der Waals surface area contributed by atoms with Gasteiger partial charge in [-0.1, -0.05) is 12.8 Å². The second kappa shape index (κ2) is 6.89. The Hall–Kier alpha value is -1.63. The van der Waals surface area contributed by atoms with Gasteiger partial charge in [0, 0.05) is 12.5 Å². The van der Waals surface area contributed by atoms with Gasteiger partial charge in [0.15, 0.2) is 0 Å². The molecule has 0 bridgehead atoms. The van der Waals surface area contributed by atoms with Crippen molar-refractivity contribution in [2.24, 2.45) is 5.92 Å². The molecule has 2 rings (SSSR count). The van der Waals surface area contributed by atoms with E-state index in [2.05, 4.69) is 10.6 Å². The lowest BCUT2D eigenvalue weighted by Gasteiger charge is -2.24. The molecule has 1 amide bonds. The molecule has 118 valence electrons. The van der Waals surface area contributed by atoms with Crippen LogP contribution < -0.4 is 10.6 Å². The Morgan fingerprint density at radius 3 is 2.52 bits per heavy atom. The van der Waals surface area contributed by atoms with Crippen LogP contribution in [0, 0.1) is 5.92 Å². The van der Waals surface area contributed by atoms with Gasteiger partial charge in [-0.05, 0) is 31.6 Å². The minimum absolute atomic E-state index is 0.101. The highest BCUT2D eigenvalue weighted by Gasteiger charge is 2.39. The van der Waals surface area contributed by atoms with E-state index in [1.165, 1.54) is 12.8 Å². The van der Waals surface area contributed by atoms with Gasteiger partial charge in [0.1, 0.15) is 6.04 Å². The maximum atomic E-state index is 12.2. The maximum Gasteiger partial charge on any atom is 0.326 e. The molecule has 4 atom stereocenters. The summed E-state index contributed by atoms with van der Waals surface area (Å²) in [6.45, 7) is 0. The highest BCUT2D eigenvalue weighted by molar-refractivity contribution is 5.87. The summed E-state index contributed by atoms with van der Waals surface area (Å²) in [5.41, 5.74) is 0. The molecule has 1 aliphatic carbocycles. The zero-order valence-electron chi connectivity index (χ0n) is 11.9. The van der Waals surface area contributed by atoms with Crippen LogP contribution in [0.2, 0.25) is 0 Å². The monoisotopic (exact) mass is 298 g/mol. The van der Waals surface area contributed by atoms with Crippen molar-refractivity contribution in [3.63, 3.8) is 0 Å². The predicted octanol–water partition coefficient (Wildman–Crippen LogP) is 0.341. The van der Waals surface area contributed by atoms with Crippen molar-refractivity contribution in [3.8, 4) is 0 Å².